The number of thioether (sulfide) groups is 1. The second-order valence-electron chi connectivity index (χ2n) is 6.82. The monoisotopic (exact) mass is 456 g/mol. The van der Waals surface area contributed by atoms with E-state index in [1.165, 1.54) is 30.0 Å². The second kappa shape index (κ2) is 8.33. The molecule has 9 heteroatoms. The molecular formula is C21H20N4O2S3. The van der Waals surface area contributed by atoms with Crippen molar-refractivity contribution < 1.29 is 4.79 Å². The van der Waals surface area contributed by atoms with Crippen molar-refractivity contribution in [3.05, 3.63) is 62.2 Å². The number of hydrogen-bond acceptors (Lipinski definition) is 7. The Morgan fingerprint density at radius 2 is 1.93 bits per heavy atom. The van der Waals surface area contributed by atoms with E-state index in [4.69, 9.17) is 4.98 Å². The molecule has 0 aliphatic carbocycles. The summed E-state index contributed by atoms with van der Waals surface area (Å²) in [6.07, 6.45) is 0. The largest absolute Gasteiger partial charge is 0.290 e. The normalized spacial score (nSPS) is 11.2. The van der Waals surface area contributed by atoms with Crippen LogP contribution in [0.5, 0.6) is 0 Å². The summed E-state index contributed by atoms with van der Waals surface area (Å²) >= 11 is 4.45. The first kappa shape index (κ1) is 20.8. The van der Waals surface area contributed by atoms with Crippen LogP contribution >= 0.6 is 34.4 Å². The number of thiophene rings is 1. The number of fused-ring (bicyclic) bond motifs is 1. The fourth-order valence-corrected chi connectivity index (χ4v) is 6.02. The van der Waals surface area contributed by atoms with Gasteiger partial charge in [0.15, 0.2) is 10.3 Å². The minimum atomic E-state index is -0.0901. The van der Waals surface area contributed by atoms with Gasteiger partial charge in [0.2, 0.25) is 5.91 Å². The molecule has 0 saturated carbocycles. The van der Waals surface area contributed by atoms with Crippen molar-refractivity contribution in [3.63, 3.8) is 0 Å². The van der Waals surface area contributed by atoms with Gasteiger partial charge in [0.05, 0.1) is 16.8 Å². The molecule has 154 valence electrons. The lowest BCUT2D eigenvalue weighted by molar-refractivity contribution is -0.115. The number of anilines is 2. The first-order valence-corrected chi connectivity index (χ1v) is 11.9. The first-order valence-electron chi connectivity index (χ1n) is 9.26. The standard InChI is InChI=1S/C21H20N4O2S3/c1-12-13(2)30-18-17(12)19(27)24(4)20(23-18)28-10-15-11-29-21(22-15)25(14(3)26)16-8-6-5-7-9-16/h5-9,11H,10H2,1-4H3. The Hall–Kier alpha value is -2.49. The van der Waals surface area contributed by atoms with Crippen molar-refractivity contribution in [2.24, 2.45) is 7.05 Å². The van der Waals surface area contributed by atoms with Crippen LogP contribution < -0.4 is 10.5 Å². The van der Waals surface area contributed by atoms with Gasteiger partial charge in [-0.3, -0.25) is 19.1 Å². The molecule has 30 heavy (non-hydrogen) atoms. The SMILES string of the molecule is CC(=O)N(c1ccccc1)c1nc(CSc2nc3sc(C)c(C)c3c(=O)n2C)cs1. The van der Waals surface area contributed by atoms with Gasteiger partial charge in [-0.2, -0.15) is 0 Å². The van der Waals surface area contributed by atoms with E-state index in [1.54, 1.807) is 27.9 Å². The topological polar surface area (TPSA) is 68.1 Å². The number of amides is 1. The third kappa shape index (κ3) is 3.80. The van der Waals surface area contributed by atoms with Crippen LogP contribution in [-0.4, -0.2) is 20.4 Å². The zero-order chi connectivity index (χ0) is 21.4. The predicted octanol–water partition coefficient (Wildman–Crippen LogP) is 5.05. The van der Waals surface area contributed by atoms with Gasteiger partial charge in [0.25, 0.3) is 5.56 Å². The Bertz CT molecular complexity index is 1290. The van der Waals surface area contributed by atoms with E-state index in [0.29, 0.717) is 21.4 Å². The summed E-state index contributed by atoms with van der Waals surface area (Å²) in [7, 11) is 1.75. The van der Waals surface area contributed by atoms with Gasteiger partial charge >= 0.3 is 0 Å². The van der Waals surface area contributed by atoms with Crippen molar-refractivity contribution in [3.8, 4) is 0 Å². The number of hydrogen-bond donors (Lipinski definition) is 0. The Balaban J connectivity index is 1.58. The van der Waals surface area contributed by atoms with Crippen LogP contribution in [-0.2, 0) is 17.6 Å². The highest BCUT2D eigenvalue weighted by atomic mass is 32.2. The van der Waals surface area contributed by atoms with E-state index in [-0.39, 0.29) is 11.5 Å². The molecule has 0 unspecified atom stereocenters. The molecule has 1 aromatic carbocycles. The minimum Gasteiger partial charge on any atom is -0.290 e. The zero-order valence-electron chi connectivity index (χ0n) is 17.0. The highest BCUT2D eigenvalue weighted by Crippen LogP contribution is 2.32. The lowest BCUT2D eigenvalue weighted by Gasteiger charge is -2.17. The third-order valence-corrected chi connectivity index (χ3v) is 7.82. The van der Waals surface area contributed by atoms with E-state index in [2.05, 4.69) is 4.98 Å². The van der Waals surface area contributed by atoms with E-state index >= 15 is 0 Å². The predicted molar refractivity (Wildman–Crippen MR) is 125 cm³/mol. The molecule has 6 nitrogen and oxygen atoms in total. The van der Waals surface area contributed by atoms with Crippen LogP contribution in [0.3, 0.4) is 0 Å². The molecule has 4 rings (SSSR count). The molecule has 0 aliphatic rings. The highest BCUT2D eigenvalue weighted by Gasteiger charge is 2.19. The molecule has 1 amide bonds. The summed E-state index contributed by atoms with van der Waals surface area (Å²) in [4.78, 5) is 37.8. The Kier molecular flexibility index (Phi) is 5.77. The number of carbonyl (C=O) groups is 1. The summed E-state index contributed by atoms with van der Waals surface area (Å²) < 4.78 is 1.60. The molecule has 0 aliphatic heterocycles. The average molecular weight is 457 g/mol. The molecule has 0 fully saturated rings. The first-order chi connectivity index (χ1) is 14.4. The highest BCUT2D eigenvalue weighted by molar-refractivity contribution is 7.98. The maximum Gasteiger partial charge on any atom is 0.262 e. The van der Waals surface area contributed by atoms with Crippen LogP contribution in [0.4, 0.5) is 10.8 Å². The van der Waals surface area contributed by atoms with Crippen LogP contribution in [0.1, 0.15) is 23.1 Å². The summed E-state index contributed by atoms with van der Waals surface area (Å²) in [6, 6.07) is 9.47. The van der Waals surface area contributed by atoms with Gasteiger partial charge in [-0.15, -0.1) is 22.7 Å². The summed E-state index contributed by atoms with van der Waals surface area (Å²) in [6.45, 7) is 5.51. The number of thiazole rings is 1. The lowest BCUT2D eigenvalue weighted by atomic mass is 10.2. The number of para-hydroxylation sites is 1. The van der Waals surface area contributed by atoms with Crippen molar-refractivity contribution in [1.82, 2.24) is 14.5 Å². The van der Waals surface area contributed by atoms with Crippen molar-refractivity contribution in [2.45, 2.75) is 31.7 Å². The summed E-state index contributed by atoms with van der Waals surface area (Å²) in [5.41, 5.74) is 2.62. The number of nitrogens with zero attached hydrogens (tertiary/aromatic N) is 4. The molecular weight excluding hydrogens is 436 g/mol. The number of aromatic nitrogens is 3. The van der Waals surface area contributed by atoms with Gasteiger partial charge in [-0.1, -0.05) is 30.0 Å². The molecule has 0 atom stereocenters. The smallest absolute Gasteiger partial charge is 0.262 e. The molecule has 0 bridgehead atoms. The molecule has 0 radical (unpaired) electrons. The van der Waals surface area contributed by atoms with E-state index in [9.17, 15) is 9.59 Å². The summed E-state index contributed by atoms with van der Waals surface area (Å²) in [5.74, 6) is 0.472. The number of rotatable bonds is 5. The number of carbonyl (C=O) groups excluding carboxylic acids is 1. The van der Waals surface area contributed by atoms with Crippen molar-refractivity contribution >= 4 is 61.4 Å². The van der Waals surface area contributed by atoms with Gasteiger partial charge in [-0.05, 0) is 31.5 Å². The van der Waals surface area contributed by atoms with Crippen LogP contribution in [0.25, 0.3) is 10.2 Å². The summed E-state index contributed by atoms with van der Waals surface area (Å²) in [5, 5.41) is 3.94. The fraction of sp³-hybridized carbons (Fsp3) is 0.238. The maximum atomic E-state index is 12.8. The Morgan fingerprint density at radius 1 is 1.20 bits per heavy atom. The molecule has 0 saturated heterocycles. The van der Waals surface area contributed by atoms with E-state index < -0.39 is 0 Å². The quantitative estimate of drug-likeness (QED) is 0.311. The van der Waals surface area contributed by atoms with Gasteiger partial charge in [0.1, 0.15) is 4.83 Å². The van der Waals surface area contributed by atoms with Crippen LogP contribution in [0.2, 0.25) is 0 Å². The molecule has 3 heterocycles. The second-order valence-corrected chi connectivity index (χ2v) is 9.80. The van der Waals surface area contributed by atoms with Crippen molar-refractivity contribution in [2.75, 3.05) is 4.90 Å². The molecule has 4 aromatic rings. The number of aryl methyl sites for hydroxylation is 2. The Labute approximate surface area is 186 Å². The molecule has 3 aromatic heterocycles. The lowest BCUT2D eigenvalue weighted by Crippen LogP contribution is -2.22. The van der Waals surface area contributed by atoms with E-state index in [0.717, 1.165) is 26.7 Å². The average Bonchev–Trinajstić information content (AvgIpc) is 3.29. The fourth-order valence-electron chi connectivity index (χ4n) is 3.09. The Morgan fingerprint density at radius 3 is 2.63 bits per heavy atom. The van der Waals surface area contributed by atoms with Gasteiger partial charge in [-0.25, -0.2) is 9.97 Å². The molecule has 0 N–H and O–H groups in total. The van der Waals surface area contributed by atoms with Crippen molar-refractivity contribution in [1.29, 1.82) is 0 Å². The third-order valence-electron chi connectivity index (χ3n) is 4.78. The molecule has 0 spiro atoms. The van der Waals surface area contributed by atoms with E-state index in [1.807, 2.05) is 49.6 Å². The minimum absolute atomic E-state index is 0.0184. The zero-order valence-corrected chi connectivity index (χ0v) is 19.5. The van der Waals surface area contributed by atoms with Gasteiger partial charge < -0.3 is 0 Å². The number of benzene rings is 1. The maximum absolute atomic E-state index is 12.8. The van der Waals surface area contributed by atoms with Crippen LogP contribution in [0.15, 0.2) is 45.7 Å². The van der Waals surface area contributed by atoms with Crippen LogP contribution in [0, 0.1) is 13.8 Å². The van der Waals surface area contributed by atoms with Gasteiger partial charge in [0, 0.05) is 30.0 Å².